The molecule has 4 rings (SSSR count). The molecule has 0 radical (unpaired) electrons. The van der Waals surface area contributed by atoms with Gasteiger partial charge >= 0.3 is 11.7 Å². The Kier molecular flexibility index (Phi) is 18.2. The van der Waals surface area contributed by atoms with Crippen molar-refractivity contribution in [1.82, 2.24) is 20.3 Å². The number of aliphatic hydroxyl groups is 4. The molecule has 2 unspecified atom stereocenters. The van der Waals surface area contributed by atoms with Crippen LogP contribution in [0.5, 0.6) is 5.75 Å². The molecule has 0 bridgehead atoms. The number of hydrogen-bond donors (Lipinski definition) is 5. The lowest BCUT2D eigenvalue weighted by Gasteiger charge is -2.39. The smallest absolute Gasteiger partial charge is 0.311 e. The Hall–Kier alpha value is -4.94. The minimum Gasteiger partial charge on any atom is -0.457 e. The molecule has 2 aromatic carbocycles. The molecule has 1 amide bonds. The number of ether oxygens (including phenoxy) is 4. The summed E-state index contributed by atoms with van der Waals surface area (Å²) in [6.45, 7) is 15.4. The van der Waals surface area contributed by atoms with Crippen molar-refractivity contribution in [3.05, 3.63) is 87.2 Å². The Morgan fingerprint density at radius 2 is 1.75 bits per heavy atom. The second-order valence-corrected chi connectivity index (χ2v) is 18.5. The molecule has 0 spiro atoms. The van der Waals surface area contributed by atoms with Crippen molar-refractivity contribution in [3.63, 3.8) is 0 Å². The van der Waals surface area contributed by atoms with E-state index in [1.54, 1.807) is 48.6 Å². The molecule has 2 heterocycles. The maximum absolute atomic E-state index is 13.2. The van der Waals surface area contributed by atoms with Crippen LogP contribution in [0.15, 0.2) is 54.7 Å². The summed E-state index contributed by atoms with van der Waals surface area (Å²) < 4.78 is 24.8. The number of amides is 1. The number of aliphatic hydroxyl groups excluding tert-OH is 4. The summed E-state index contributed by atoms with van der Waals surface area (Å²) in [5, 5.41) is 73.6. The summed E-state index contributed by atoms with van der Waals surface area (Å²) in [4.78, 5) is 38.4. The fourth-order valence-corrected chi connectivity index (χ4v) is 7.38. The van der Waals surface area contributed by atoms with Crippen LogP contribution in [0.4, 0.5) is 5.69 Å². The number of esters is 1. The third kappa shape index (κ3) is 14.3. The average molecular weight is 897 g/mol. The molecule has 1 aromatic heterocycles. The van der Waals surface area contributed by atoms with Gasteiger partial charge in [-0.15, -0.1) is 16.9 Å². The topological polar surface area (TPSA) is 262 Å². The molecule has 0 saturated carbocycles. The van der Waals surface area contributed by atoms with E-state index in [0.29, 0.717) is 48.9 Å². The maximum Gasteiger partial charge on any atom is 0.311 e. The van der Waals surface area contributed by atoms with E-state index in [4.69, 9.17) is 18.9 Å². The number of nitriles is 1. The Balaban J connectivity index is 1.38. The van der Waals surface area contributed by atoms with Gasteiger partial charge in [0.1, 0.15) is 30.5 Å². The third-order valence-corrected chi connectivity index (χ3v) is 11.7. The molecule has 7 atom stereocenters. The van der Waals surface area contributed by atoms with Crippen LogP contribution in [0.1, 0.15) is 108 Å². The normalized spacial score (nSPS) is 20.8. The summed E-state index contributed by atoms with van der Waals surface area (Å²) in [6.07, 6.45) is -4.14. The Morgan fingerprint density at radius 1 is 1.06 bits per heavy atom. The van der Waals surface area contributed by atoms with Crippen molar-refractivity contribution in [2.24, 2.45) is 5.92 Å². The third-order valence-electron chi connectivity index (χ3n) is 10.6. The quantitative estimate of drug-likeness (QED) is 0.0383. The van der Waals surface area contributed by atoms with E-state index < -0.39 is 77.1 Å². The number of nitro groups is 1. The standard InChI is InChI=1S/C44H60N6O12S/c1-9-44(8,59-21-18-43(6,7)46-40(55)29-12-10-28(11-13-29)36(16-19-45)63-27(4)5)17-20-49-24-31(47-48-49)23-34(60-41(56)26(2)3)30-14-15-33(32(22-30)50(57)58)61-42-39(54)38(53)37(52)35(25-51)62-42/h10-16,22,24,26-27,34-35,37-39,42,51-54H,9,17-18,20-21,23,25H2,1-8H3,(H,46,55)/b36-16+/t34?,35-,37+,38+,39-,42-,44?/m1/s1. The number of allylic oxidation sites excluding steroid dienone is 1. The van der Waals surface area contributed by atoms with E-state index in [-0.39, 0.29) is 23.6 Å². The average Bonchev–Trinajstić information content (AvgIpc) is 3.69. The lowest BCUT2D eigenvalue weighted by Crippen LogP contribution is -2.60. The summed E-state index contributed by atoms with van der Waals surface area (Å²) in [7, 11) is 0. The number of nitrogens with one attached hydrogen (secondary N) is 1. The lowest BCUT2D eigenvalue weighted by molar-refractivity contribution is -0.387. The summed E-state index contributed by atoms with van der Waals surface area (Å²) in [6, 6.07) is 13.1. The Bertz CT molecular complexity index is 2090. The minimum absolute atomic E-state index is 0.0194. The zero-order valence-corrected chi connectivity index (χ0v) is 37.8. The van der Waals surface area contributed by atoms with Gasteiger partial charge in [-0.2, -0.15) is 5.26 Å². The summed E-state index contributed by atoms with van der Waals surface area (Å²) in [5.41, 5.74) is 0.382. The zero-order valence-electron chi connectivity index (χ0n) is 37.0. The van der Waals surface area contributed by atoms with Crippen LogP contribution in [0.2, 0.25) is 0 Å². The van der Waals surface area contributed by atoms with Gasteiger partial charge < -0.3 is 44.7 Å². The number of hydrogen-bond acceptors (Lipinski definition) is 16. The predicted molar refractivity (Wildman–Crippen MR) is 233 cm³/mol. The number of benzene rings is 2. The predicted octanol–water partition coefficient (Wildman–Crippen LogP) is 5.03. The molecule has 18 nitrogen and oxygen atoms in total. The highest BCUT2D eigenvalue weighted by atomic mass is 32.2. The molecule has 0 aliphatic carbocycles. The largest absolute Gasteiger partial charge is 0.457 e. The van der Waals surface area contributed by atoms with Crippen LogP contribution in [0, 0.1) is 27.4 Å². The lowest BCUT2D eigenvalue weighted by atomic mass is 9.97. The molecule has 1 aliphatic rings. The van der Waals surface area contributed by atoms with E-state index in [9.17, 15) is 45.4 Å². The van der Waals surface area contributed by atoms with Crippen molar-refractivity contribution in [2.75, 3.05) is 13.2 Å². The highest BCUT2D eigenvalue weighted by Gasteiger charge is 2.45. The molecule has 63 heavy (non-hydrogen) atoms. The zero-order chi connectivity index (χ0) is 46.6. The fourth-order valence-electron chi connectivity index (χ4n) is 6.48. The number of nitro benzene ring substituents is 1. The van der Waals surface area contributed by atoms with Crippen molar-refractivity contribution in [2.45, 2.75) is 141 Å². The van der Waals surface area contributed by atoms with Gasteiger partial charge in [0, 0.05) is 59.2 Å². The van der Waals surface area contributed by atoms with Gasteiger partial charge in [0.15, 0.2) is 5.75 Å². The molecule has 5 N–H and O–H groups in total. The van der Waals surface area contributed by atoms with Crippen molar-refractivity contribution < 1.29 is 53.9 Å². The highest BCUT2D eigenvalue weighted by Crippen LogP contribution is 2.36. The van der Waals surface area contributed by atoms with E-state index in [2.05, 4.69) is 35.5 Å². The summed E-state index contributed by atoms with van der Waals surface area (Å²) >= 11 is 1.59. The van der Waals surface area contributed by atoms with E-state index in [1.807, 2.05) is 39.8 Å². The van der Waals surface area contributed by atoms with Crippen LogP contribution in [0.25, 0.3) is 4.91 Å². The number of carbonyl (C=O) groups is 2. The van der Waals surface area contributed by atoms with Gasteiger partial charge in [-0.25, -0.2) is 0 Å². The monoisotopic (exact) mass is 896 g/mol. The van der Waals surface area contributed by atoms with Crippen molar-refractivity contribution in [1.29, 1.82) is 5.26 Å². The number of carbonyl (C=O) groups excluding carboxylic acids is 2. The van der Waals surface area contributed by atoms with Gasteiger partial charge in [-0.3, -0.25) is 24.4 Å². The first-order valence-electron chi connectivity index (χ1n) is 20.9. The molecule has 1 fully saturated rings. The van der Waals surface area contributed by atoms with Crippen LogP contribution in [0.3, 0.4) is 0 Å². The molecular formula is C44H60N6O12S. The number of thioether (sulfide) groups is 1. The van der Waals surface area contributed by atoms with Crippen LogP contribution in [-0.4, -0.2) is 113 Å². The SMILES string of the molecule is CCC(C)(CCn1cc(CC(OC(=O)C(C)C)c2ccc(O[C@@H]3O[C@H](CO)[C@H](O)[C@H](O)[C@H]3O)c([N+](=O)[O-])c2)nn1)OCCC(C)(C)NC(=O)c1ccc(/C(=C\C#N)SC(C)C)cc1. The number of aromatic nitrogens is 3. The number of aryl methyl sites for hydroxylation is 1. The molecule has 1 saturated heterocycles. The van der Waals surface area contributed by atoms with Gasteiger partial charge in [-0.05, 0) is 69.4 Å². The highest BCUT2D eigenvalue weighted by molar-refractivity contribution is 8.08. The Labute approximate surface area is 371 Å². The fraction of sp³-hybridized carbons (Fsp3) is 0.568. The minimum atomic E-state index is -1.79. The molecule has 3 aromatic rings. The van der Waals surface area contributed by atoms with Crippen molar-refractivity contribution >= 4 is 34.2 Å². The van der Waals surface area contributed by atoms with E-state index in [1.165, 1.54) is 18.2 Å². The number of nitrogens with zero attached hydrogens (tertiary/aromatic N) is 5. The Morgan fingerprint density at radius 3 is 2.35 bits per heavy atom. The second kappa shape index (κ2) is 22.6. The first-order valence-corrected chi connectivity index (χ1v) is 21.8. The van der Waals surface area contributed by atoms with Crippen LogP contribution >= 0.6 is 11.8 Å². The van der Waals surface area contributed by atoms with Gasteiger partial charge in [-0.1, -0.05) is 58.0 Å². The summed E-state index contributed by atoms with van der Waals surface area (Å²) in [5.74, 6) is -1.62. The molecule has 1 aliphatic heterocycles. The molecule has 344 valence electrons. The van der Waals surface area contributed by atoms with Crippen LogP contribution in [-0.2, 0) is 32.0 Å². The second-order valence-electron chi connectivity index (χ2n) is 16.9. The molecular weight excluding hydrogens is 837 g/mol. The van der Waals surface area contributed by atoms with Gasteiger partial charge in [0.2, 0.25) is 6.29 Å². The van der Waals surface area contributed by atoms with Crippen LogP contribution < -0.4 is 10.1 Å². The van der Waals surface area contributed by atoms with Gasteiger partial charge in [0.25, 0.3) is 5.91 Å². The van der Waals surface area contributed by atoms with E-state index in [0.717, 1.165) is 16.5 Å². The van der Waals surface area contributed by atoms with E-state index >= 15 is 0 Å². The number of rotatable bonds is 22. The van der Waals surface area contributed by atoms with Gasteiger partial charge in [0.05, 0.1) is 34.8 Å². The molecule has 19 heteroatoms. The maximum atomic E-state index is 13.2. The first-order chi connectivity index (χ1) is 29.7. The van der Waals surface area contributed by atoms with Crippen molar-refractivity contribution in [3.8, 4) is 11.8 Å². The first kappa shape index (κ1) is 50.7.